The molecule has 1 N–H and O–H groups in total. The van der Waals surface area contributed by atoms with Gasteiger partial charge in [-0.05, 0) is 38.2 Å². The summed E-state index contributed by atoms with van der Waals surface area (Å²) in [6.45, 7) is 1.86. The summed E-state index contributed by atoms with van der Waals surface area (Å²) in [6.07, 6.45) is 4.22. The van der Waals surface area contributed by atoms with Crippen molar-refractivity contribution in [3.63, 3.8) is 0 Å². The van der Waals surface area contributed by atoms with Gasteiger partial charge in [0.25, 0.3) is 0 Å². The number of nitriles is 1. The fourth-order valence-electron chi connectivity index (χ4n) is 2.00. The van der Waals surface area contributed by atoms with Crippen LogP contribution in [0.2, 0.25) is 0 Å². The average molecular weight is 294 g/mol. The average Bonchev–Trinajstić information content (AvgIpc) is 3.20. The minimum absolute atomic E-state index is 0.0321. The second kappa shape index (κ2) is 6.29. The summed E-state index contributed by atoms with van der Waals surface area (Å²) in [6, 6.07) is 3.39. The molecule has 6 nitrogen and oxygen atoms in total. The van der Waals surface area contributed by atoms with Crippen molar-refractivity contribution in [3.05, 3.63) is 23.8 Å². The second-order valence-corrected chi connectivity index (χ2v) is 6.94. The van der Waals surface area contributed by atoms with E-state index in [1.54, 1.807) is 12.3 Å². The Kier molecular flexibility index (Phi) is 4.68. The monoisotopic (exact) mass is 294 g/mol. The van der Waals surface area contributed by atoms with Crippen LogP contribution in [0.1, 0.15) is 43.2 Å². The second-order valence-electron chi connectivity index (χ2n) is 5.07. The molecule has 0 spiro atoms. The van der Waals surface area contributed by atoms with Gasteiger partial charge in [-0.15, -0.1) is 0 Å². The number of aromatic nitrogens is 2. The summed E-state index contributed by atoms with van der Waals surface area (Å²) in [4.78, 5) is 8.52. The number of nitrogens with one attached hydrogen (secondary N) is 1. The van der Waals surface area contributed by atoms with E-state index in [1.807, 2.05) is 13.0 Å². The Morgan fingerprint density at radius 2 is 2.30 bits per heavy atom. The van der Waals surface area contributed by atoms with Gasteiger partial charge >= 0.3 is 0 Å². The molecule has 1 atom stereocenters. The number of hydrogen-bond acceptors (Lipinski definition) is 5. The van der Waals surface area contributed by atoms with E-state index < -0.39 is 10.0 Å². The zero-order valence-electron chi connectivity index (χ0n) is 11.4. The lowest BCUT2D eigenvalue weighted by Gasteiger charge is -2.17. The molecule has 20 heavy (non-hydrogen) atoms. The maximum atomic E-state index is 12.0. The van der Waals surface area contributed by atoms with Crippen LogP contribution < -0.4 is 4.72 Å². The Labute approximate surface area is 119 Å². The molecule has 108 valence electrons. The molecule has 0 aromatic carbocycles. The van der Waals surface area contributed by atoms with Gasteiger partial charge in [0.1, 0.15) is 5.82 Å². The highest BCUT2D eigenvalue weighted by molar-refractivity contribution is 7.89. The minimum atomic E-state index is -3.40. The first-order valence-corrected chi connectivity index (χ1v) is 8.33. The molecule has 1 aliphatic rings. The van der Waals surface area contributed by atoms with Crippen LogP contribution in [-0.2, 0) is 10.0 Å². The highest BCUT2D eigenvalue weighted by atomic mass is 32.2. The van der Waals surface area contributed by atoms with E-state index >= 15 is 0 Å². The largest absolute Gasteiger partial charge is 0.240 e. The predicted octanol–water partition coefficient (Wildman–Crippen LogP) is 1.46. The zero-order valence-corrected chi connectivity index (χ0v) is 12.2. The number of aryl methyl sites for hydroxylation is 1. The molecule has 0 aliphatic heterocycles. The molecule has 1 heterocycles. The highest BCUT2D eigenvalue weighted by Gasteiger charge is 2.36. The van der Waals surface area contributed by atoms with Gasteiger partial charge in [0.05, 0.1) is 17.9 Å². The SMILES string of the molecule is Cc1ccnc([C@@H](NS(=O)(=O)CCCC#N)C2CC2)n1. The Morgan fingerprint density at radius 3 is 2.90 bits per heavy atom. The van der Waals surface area contributed by atoms with Gasteiger partial charge in [-0.2, -0.15) is 5.26 Å². The summed E-state index contributed by atoms with van der Waals surface area (Å²) in [5.41, 5.74) is 0.823. The summed E-state index contributed by atoms with van der Waals surface area (Å²) in [5, 5.41) is 8.47. The summed E-state index contributed by atoms with van der Waals surface area (Å²) < 4.78 is 26.8. The molecule has 0 unspecified atom stereocenters. The highest BCUT2D eigenvalue weighted by Crippen LogP contribution is 2.40. The molecular weight excluding hydrogens is 276 g/mol. The number of sulfonamides is 1. The van der Waals surface area contributed by atoms with Gasteiger partial charge in [-0.25, -0.2) is 23.1 Å². The van der Waals surface area contributed by atoms with Gasteiger partial charge < -0.3 is 0 Å². The van der Waals surface area contributed by atoms with Crippen LogP contribution in [0.15, 0.2) is 12.3 Å². The van der Waals surface area contributed by atoms with Crippen LogP contribution in [0.25, 0.3) is 0 Å². The van der Waals surface area contributed by atoms with Crippen molar-refractivity contribution in [1.82, 2.24) is 14.7 Å². The van der Waals surface area contributed by atoms with E-state index in [0.29, 0.717) is 12.2 Å². The molecule has 0 radical (unpaired) electrons. The molecule has 0 bridgehead atoms. The topological polar surface area (TPSA) is 95.7 Å². The first-order chi connectivity index (χ1) is 9.52. The lowest BCUT2D eigenvalue weighted by atomic mass is 10.2. The number of rotatable bonds is 7. The van der Waals surface area contributed by atoms with E-state index in [-0.39, 0.29) is 24.1 Å². The first-order valence-electron chi connectivity index (χ1n) is 6.68. The Morgan fingerprint density at radius 1 is 1.55 bits per heavy atom. The molecular formula is C13H18N4O2S. The summed E-state index contributed by atoms with van der Waals surface area (Å²) >= 11 is 0. The molecule has 1 aromatic heterocycles. The van der Waals surface area contributed by atoms with Gasteiger partial charge in [0, 0.05) is 18.3 Å². The van der Waals surface area contributed by atoms with Crippen molar-refractivity contribution in [3.8, 4) is 6.07 Å². The number of hydrogen-bond donors (Lipinski definition) is 1. The molecule has 1 saturated carbocycles. The van der Waals surface area contributed by atoms with Gasteiger partial charge in [-0.1, -0.05) is 0 Å². The smallest absolute Gasteiger partial charge is 0.212 e. The van der Waals surface area contributed by atoms with Crippen molar-refractivity contribution < 1.29 is 8.42 Å². The fourth-order valence-corrected chi connectivity index (χ4v) is 3.33. The number of nitrogens with zero attached hydrogens (tertiary/aromatic N) is 3. The minimum Gasteiger partial charge on any atom is -0.240 e. The lowest BCUT2D eigenvalue weighted by Crippen LogP contribution is -2.33. The first kappa shape index (κ1) is 14.9. The zero-order chi connectivity index (χ0) is 14.6. The van der Waals surface area contributed by atoms with Crippen LogP contribution in [0.5, 0.6) is 0 Å². The molecule has 0 saturated heterocycles. The van der Waals surface area contributed by atoms with Crippen LogP contribution in [0.3, 0.4) is 0 Å². The molecule has 1 fully saturated rings. The van der Waals surface area contributed by atoms with Crippen LogP contribution in [0, 0.1) is 24.2 Å². The normalized spacial score (nSPS) is 16.6. The summed E-state index contributed by atoms with van der Waals surface area (Å²) in [5.74, 6) is 0.786. The maximum absolute atomic E-state index is 12.0. The Balaban J connectivity index is 2.09. The van der Waals surface area contributed by atoms with Gasteiger partial charge in [0.2, 0.25) is 10.0 Å². The Hall–Kier alpha value is -1.52. The van der Waals surface area contributed by atoms with Crippen molar-refractivity contribution in [1.29, 1.82) is 5.26 Å². The number of unbranched alkanes of at least 4 members (excludes halogenated alkanes) is 1. The molecule has 0 amide bonds. The van der Waals surface area contributed by atoms with Crippen molar-refractivity contribution in [2.45, 2.75) is 38.6 Å². The Bertz CT molecular complexity index is 605. The quantitative estimate of drug-likeness (QED) is 0.768. The van der Waals surface area contributed by atoms with E-state index in [2.05, 4.69) is 14.7 Å². The van der Waals surface area contributed by atoms with Gasteiger partial charge in [-0.3, -0.25) is 0 Å². The third-order valence-corrected chi connectivity index (χ3v) is 4.63. The molecule has 1 aromatic rings. The molecule has 2 rings (SSSR count). The van der Waals surface area contributed by atoms with E-state index in [9.17, 15) is 8.42 Å². The predicted molar refractivity (Wildman–Crippen MR) is 74.0 cm³/mol. The third-order valence-electron chi connectivity index (χ3n) is 3.19. The van der Waals surface area contributed by atoms with E-state index in [0.717, 1.165) is 18.5 Å². The van der Waals surface area contributed by atoms with Crippen LogP contribution in [-0.4, -0.2) is 24.1 Å². The van der Waals surface area contributed by atoms with Crippen molar-refractivity contribution in [2.75, 3.05) is 5.75 Å². The van der Waals surface area contributed by atoms with Crippen molar-refractivity contribution in [2.24, 2.45) is 5.92 Å². The van der Waals surface area contributed by atoms with Crippen LogP contribution in [0.4, 0.5) is 0 Å². The maximum Gasteiger partial charge on any atom is 0.212 e. The van der Waals surface area contributed by atoms with Crippen LogP contribution >= 0.6 is 0 Å². The molecule has 1 aliphatic carbocycles. The lowest BCUT2D eigenvalue weighted by molar-refractivity contribution is 0.509. The van der Waals surface area contributed by atoms with Gasteiger partial charge in [0.15, 0.2) is 0 Å². The summed E-state index contributed by atoms with van der Waals surface area (Å²) in [7, 11) is -3.40. The molecule has 7 heteroatoms. The standard InChI is InChI=1S/C13H18N4O2S/c1-10-6-8-15-13(16-10)12(11-4-5-11)17-20(18,19)9-3-2-7-14/h6,8,11-12,17H,2-5,9H2,1H3/t12-/m0/s1. The van der Waals surface area contributed by atoms with E-state index in [4.69, 9.17) is 5.26 Å². The fraction of sp³-hybridized carbons (Fsp3) is 0.615. The van der Waals surface area contributed by atoms with E-state index in [1.165, 1.54) is 0 Å². The third kappa shape index (κ3) is 4.25. The van der Waals surface area contributed by atoms with Crippen molar-refractivity contribution >= 4 is 10.0 Å².